The van der Waals surface area contributed by atoms with Gasteiger partial charge in [-0.1, -0.05) is 0 Å². The molecule has 0 unspecified atom stereocenters. The molecule has 0 atom stereocenters. The first kappa shape index (κ1) is 14.5. The fourth-order valence-corrected chi connectivity index (χ4v) is 2.30. The van der Waals surface area contributed by atoms with Gasteiger partial charge in [-0.15, -0.1) is 0 Å². The molecule has 0 aliphatic carbocycles. The van der Waals surface area contributed by atoms with E-state index in [0.717, 1.165) is 44.9 Å². The third-order valence-corrected chi connectivity index (χ3v) is 3.45. The summed E-state index contributed by atoms with van der Waals surface area (Å²) < 4.78 is 5.87. The fourth-order valence-electron chi connectivity index (χ4n) is 2.16. The van der Waals surface area contributed by atoms with Gasteiger partial charge in [0.2, 0.25) is 5.28 Å². The van der Waals surface area contributed by atoms with Crippen molar-refractivity contribution in [2.24, 2.45) is 0 Å². The van der Waals surface area contributed by atoms with E-state index in [1.54, 1.807) is 6.20 Å². The summed E-state index contributed by atoms with van der Waals surface area (Å²) in [5.74, 6) is 0.909. The van der Waals surface area contributed by atoms with E-state index in [1.165, 1.54) is 0 Å². The lowest BCUT2D eigenvalue weighted by atomic mass is 10.1. The highest BCUT2D eigenvalue weighted by Gasteiger charge is 2.20. The lowest BCUT2D eigenvalue weighted by molar-refractivity contribution is 0.0293. The van der Waals surface area contributed by atoms with E-state index in [4.69, 9.17) is 16.3 Å². The third-order valence-electron chi connectivity index (χ3n) is 3.27. The Bertz CT molecular complexity index is 394. The van der Waals surface area contributed by atoms with Crippen molar-refractivity contribution < 1.29 is 4.74 Å². The average Bonchev–Trinajstić information content (AvgIpc) is 2.39. The predicted molar refractivity (Wildman–Crippen MR) is 76.8 cm³/mol. The van der Waals surface area contributed by atoms with Crippen molar-refractivity contribution in [1.29, 1.82) is 0 Å². The standard InChI is InChI=1S/C13H21ClN4O/c1-17(2)9-10-19-11-4-7-18(8-5-11)12-3-6-15-13(14)16-12/h3,6,11H,4-5,7-10H2,1-2H3. The Morgan fingerprint density at radius 2 is 2.16 bits per heavy atom. The van der Waals surface area contributed by atoms with Gasteiger partial charge in [0.05, 0.1) is 12.7 Å². The molecule has 0 N–H and O–H groups in total. The van der Waals surface area contributed by atoms with Gasteiger partial charge in [-0.3, -0.25) is 0 Å². The molecule has 1 saturated heterocycles. The summed E-state index contributed by atoms with van der Waals surface area (Å²) in [7, 11) is 4.12. The van der Waals surface area contributed by atoms with Gasteiger partial charge >= 0.3 is 0 Å². The largest absolute Gasteiger partial charge is 0.377 e. The Kier molecular flexibility index (Phi) is 5.36. The second kappa shape index (κ2) is 7.03. The molecule has 1 aliphatic rings. The molecule has 0 bridgehead atoms. The van der Waals surface area contributed by atoms with E-state index in [9.17, 15) is 0 Å². The van der Waals surface area contributed by atoms with Crippen molar-refractivity contribution in [3.63, 3.8) is 0 Å². The summed E-state index contributed by atoms with van der Waals surface area (Å²) in [6.07, 6.45) is 4.14. The van der Waals surface area contributed by atoms with Crippen LogP contribution in [0.3, 0.4) is 0 Å². The van der Waals surface area contributed by atoms with Crippen LogP contribution < -0.4 is 4.90 Å². The molecule has 0 aromatic carbocycles. The topological polar surface area (TPSA) is 41.5 Å². The minimum Gasteiger partial charge on any atom is -0.377 e. The van der Waals surface area contributed by atoms with Gasteiger partial charge in [-0.2, -0.15) is 0 Å². The summed E-state index contributed by atoms with van der Waals surface area (Å²) in [5, 5.41) is 0.307. The molecule has 0 saturated carbocycles. The van der Waals surface area contributed by atoms with Crippen molar-refractivity contribution in [2.75, 3.05) is 45.2 Å². The molecular formula is C13H21ClN4O. The second-order valence-electron chi connectivity index (χ2n) is 5.04. The first-order valence-electron chi connectivity index (χ1n) is 6.65. The molecule has 0 amide bonds. The summed E-state index contributed by atoms with van der Waals surface area (Å²) in [6, 6.07) is 1.90. The molecule has 1 aromatic heterocycles. The number of halogens is 1. The monoisotopic (exact) mass is 284 g/mol. The maximum absolute atomic E-state index is 5.87. The van der Waals surface area contributed by atoms with Crippen LogP contribution in [0.25, 0.3) is 0 Å². The van der Waals surface area contributed by atoms with Crippen molar-refractivity contribution in [3.05, 3.63) is 17.5 Å². The molecule has 1 fully saturated rings. The van der Waals surface area contributed by atoms with Crippen molar-refractivity contribution in [2.45, 2.75) is 18.9 Å². The molecule has 2 rings (SSSR count). The molecule has 106 valence electrons. The summed E-state index contributed by atoms with van der Waals surface area (Å²) >= 11 is 5.81. The zero-order valence-electron chi connectivity index (χ0n) is 11.5. The molecule has 1 aromatic rings. The molecule has 0 radical (unpaired) electrons. The van der Waals surface area contributed by atoms with E-state index in [-0.39, 0.29) is 0 Å². The van der Waals surface area contributed by atoms with Crippen LogP contribution in [-0.2, 0) is 4.74 Å². The zero-order chi connectivity index (χ0) is 13.7. The summed E-state index contributed by atoms with van der Waals surface area (Å²) in [6.45, 7) is 3.69. The molecule has 2 heterocycles. The fraction of sp³-hybridized carbons (Fsp3) is 0.692. The molecule has 19 heavy (non-hydrogen) atoms. The zero-order valence-corrected chi connectivity index (χ0v) is 12.3. The Hall–Kier alpha value is -0.910. The van der Waals surface area contributed by atoms with E-state index >= 15 is 0 Å². The van der Waals surface area contributed by atoms with E-state index in [2.05, 4.69) is 33.9 Å². The minimum atomic E-state index is 0.307. The Morgan fingerprint density at radius 3 is 2.79 bits per heavy atom. The number of nitrogens with zero attached hydrogens (tertiary/aromatic N) is 4. The van der Waals surface area contributed by atoms with Gasteiger partial charge in [0, 0.05) is 25.8 Å². The maximum atomic E-state index is 5.87. The van der Waals surface area contributed by atoms with Crippen molar-refractivity contribution in [3.8, 4) is 0 Å². The van der Waals surface area contributed by atoms with Crippen LogP contribution in [0.15, 0.2) is 12.3 Å². The summed E-state index contributed by atoms with van der Waals surface area (Å²) in [4.78, 5) is 12.5. The number of piperidine rings is 1. The normalized spacial score (nSPS) is 17.2. The number of hydrogen-bond acceptors (Lipinski definition) is 5. The van der Waals surface area contributed by atoms with Gasteiger partial charge in [-0.25, -0.2) is 9.97 Å². The van der Waals surface area contributed by atoms with Crippen LogP contribution in [0.4, 0.5) is 5.82 Å². The van der Waals surface area contributed by atoms with Crippen LogP contribution in [0.5, 0.6) is 0 Å². The number of anilines is 1. The Balaban J connectivity index is 1.76. The highest BCUT2D eigenvalue weighted by molar-refractivity contribution is 6.28. The first-order valence-corrected chi connectivity index (χ1v) is 7.03. The van der Waals surface area contributed by atoms with Gasteiger partial charge in [0.25, 0.3) is 0 Å². The van der Waals surface area contributed by atoms with Gasteiger partial charge in [-0.05, 0) is 44.6 Å². The Morgan fingerprint density at radius 1 is 1.42 bits per heavy atom. The van der Waals surface area contributed by atoms with Gasteiger partial charge < -0.3 is 14.5 Å². The van der Waals surface area contributed by atoms with Crippen LogP contribution in [0.1, 0.15) is 12.8 Å². The van der Waals surface area contributed by atoms with E-state index in [1.807, 2.05) is 6.07 Å². The van der Waals surface area contributed by atoms with Crippen LogP contribution >= 0.6 is 11.6 Å². The third kappa shape index (κ3) is 4.60. The quantitative estimate of drug-likeness (QED) is 0.770. The van der Waals surface area contributed by atoms with Gasteiger partial charge in [0.15, 0.2) is 0 Å². The van der Waals surface area contributed by atoms with Crippen LogP contribution in [0.2, 0.25) is 5.28 Å². The van der Waals surface area contributed by atoms with E-state index < -0.39 is 0 Å². The molecular weight excluding hydrogens is 264 g/mol. The highest BCUT2D eigenvalue weighted by Crippen LogP contribution is 2.20. The smallest absolute Gasteiger partial charge is 0.224 e. The van der Waals surface area contributed by atoms with Crippen molar-refractivity contribution >= 4 is 17.4 Å². The van der Waals surface area contributed by atoms with Crippen LogP contribution in [-0.4, -0.2) is 61.3 Å². The number of rotatable bonds is 5. The number of aromatic nitrogens is 2. The molecule has 6 heteroatoms. The van der Waals surface area contributed by atoms with E-state index in [0.29, 0.717) is 11.4 Å². The number of hydrogen-bond donors (Lipinski definition) is 0. The SMILES string of the molecule is CN(C)CCOC1CCN(c2ccnc(Cl)n2)CC1. The lowest BCUT2D eigenvalue weighted by Gasteiger charge is -2.32. The van der Waals surface area contributed by atoms with Gasteiger partial charge in [0.1, 0.15) is 5.82 Å². The molecule has 5 nitrogen and oxygen atoms in total. The molecule has 1 aliphatic heterocycles. The first-order chi connectivity index (χ1) is 9.15. The minimum absolute atomic E-state index is 0.307. The van der Waals surface area contributed by atoms with Crippen molar-refractivity contribution in [1.82, 2.24) is 14.9 Å². The lowest BCUT2D eigenvalue weighted by Crippen LogP contribution is -2.38. The Labute approximate surface area is 119 Å². The average molecular weight is 285 g/mol. The second-order valence-corrected chi connectivity index (χ2v) is 5.38. The molecule has 0 spiro atoms. The maximum Gasteiger partial charge on any atom is 0.224 e. The predicted octanol–water partition coefficient (Wildman–Crippen LogP) is 1.68. The highest BCUT2D eigenvalue weighted by atomic mass is 35.5. The number of ether oxygens (including phenoxy) is 1. The number of likely N-dealkylation sites (N-methyl/N-ethyl adjacent to an activating group) is 1. The van der Waals surface area contributed by atoms with Crippen LogP contribution in [0, 0.1) is 0 Å². The summed E-state index contributed by atoms with van der Waals surface area (Å²) in [5.41, 5.74) is 0.